The van der Waals surface area contributed by atoms with Gasteiger partial charge in [0.1, 0.15) is 5.76 Å². The maximum Gasteiger partial charge on any atom is 0.371 e. The van der Waals surface area contributed by atoms with Crippen molar-refractivity contribution >= 4 is 5.97 Å². The van der Waals surface area contributed by atoms with E-state index in [0.29, 0.717) is 12.3 Å². The van der Waals surface area contributed by atoms with Crippen LogP contribution in [0, 0.1) is 6.92 Å². The number of methoxy groups -OCH3 is 1. The van der Waals surface area contributed by atoms with E-state index in [1.54, 1.807) is 20.1 Å². The zero-order valence-electron chi connectivity index (χ0n) is 10.8. The summed E-state index contributed by atoms with van der Waals surface area (Å²) in [5.41, 5.74) is 0.866. The molecular formula is C13H19NO4. The van der Waals surface area contributed by atoms with Crippen LogP contribution in [-0.2, 0) is 11.3 Å². The fraction of sp³-hybridized carbons (Fsp3) is 0.615. The Morgan fingerprint density at radius 3 is 2.78 bits per heavy atom. The first-order valence-electron chi connectivity index (χ1n) is 6.15. The van der Waals surface area contributed by atoms with Gasteiger partial charge in [-0.05, 0) is 32.3 Å². The number of rotatable bonds is 6. The highest BCUT2D eigenvalue weighted by molar-refractivity contribution is 5.84. The van der Waals surface area contributed by atoms with Crippen molar-refractivity contribution in [3.63, 3.8) is 0 Å². The zero-order chi connectivity index (χ0) is 13.2. The molecule has 0 spiro atoms. The molecule has 0 aliphatic heterocycles. The predicted molar refractivity (Wildman–Crippen MR) is 65.7 cm³/mol. The van der Waals surface area contributed by atoms with Crippen LogP contribution < -0.4 is 5.32 Å². The van der Waals surface area contributed by atoms with Crippen LogP contribution in [0.3, 0.4) is 0 Å². The summed E-state index contributed by atoms with van der Waals surface area (Å²) in [6.45, 7) is 3.17. The summed E-state index contributed by atoms with van der Waals surface area (Å²) in [6, 6.07) is 1.57. The van der Waals surface area contributed by atoms with Crippen molar-refractivity contribution in [2.24, 2.45) is 0 Å². The number of furan rings is 1. The number of nitrogens with one attached hydrogen (secondary N) is 1. The minimum Gasteiger partial charge on any atom is -0.475 e. The summed E-state index contributed by atoms with van der Waals surface area (Å²) in [5, 5.41) is 12.1. The number of aromatic carboxylic acids is 1. The molecule has 5 heteroatoms. The minimum absolute atomic E-state index is 0.00519. The number of aryl methyl sites for hydroxylation is 1. The average Bonchev–Trinajstić information content (AvgIpc) is 2.64. The highest BCUT2D eigenvalue weighted by Crippen LogP contribution is 2.34. The number of carboxylic acid groups (broad SMARTS) is 1. The summed E-state index contributed by atoms with van der Waals surface area (Å²) >= 11 is 0. The fourth-order valence-electron chi connectivity index (χ4n) is 2.25. The number of carbonyl (C=O) groups is 1. The van der Waals surface area contributed by atoms with E-state index in [0.717, 1.165) is 24.9 Å². The van der Waals surface area contributed by atoms with Gasteiger partial charge in [0.05, 0.1) is 5.60 Å². The van der Waals surface area contributed by atoms with E-state index in [4.69, 9.17) is 14.3 Å². The lowest BCUT2D eigenvalue weighted by molar-refractivity contribution is -0.0695. The Labute approximate surface area is 106 Å². The second kappa shape index (κ2) is 5.12. The van der Waals surface area contributed by atoms with Crippen LogP contribution in [0.4, 0.5) is 0 Å². The average molecular weight is 253 g/mol. The van der Waals surface area contributed by atoms with Gasteiger partial charge in [-0.25, -0.2) is 4.79 Å². The van der Waals surface area contributed by atoms with Crippen LogP contribution in [-0.4, -0.2) is 30.3 Å². The molecule has 2 N–H and O–H groups in total. The van der Waals surface area contributed by atoms with Gasteiger partial charge in [0.15, 0.2) is 0 Å². The lowest BCUT2D eigenvalue weighted by Crippen LogP contribution is -2.47. The molecule has 0 radical (unpaired) electrons. The Bertz CT molecular complexity index is 429. The van der Waals surface area contributed by atoms with Gasteiger partial charge < -0.3 is 19.6 Å². The number of hydrogen-bond acceptors (Lipinski definition) is 4. The van der Waals surface area contributed by atoms with Crippen LogP contribution in [0.25, 0.3) is 0 Å². The molecule has 0 saturated heterocycles. The first-order valence-corrected chi connectivity index (χ1v) is 6.15. The molecule has 1 aliphatic rings. The van der Waals surface area contributed by atoms with Gasteiger partial charge in [-0.2, -0.15) is 0 Å². The molecule has 0 amide bonds. The SMILES string of the molecule is COC1(CNCc2cc(C(=O)O)oc2C)CCC1. The van der Waals surface area contributed by atoms with Crippen LogP contribution in [0.15, 0.2) is 10.5 Å². The second-order valence-corrected chi connectivity index (χ2v) is 4.84. The van der Waals surface area contributed by atoms with Crippen LogP contribution in [0.2, 0.25) is 0 Å². The summed E-state index contributed by atoms with van der Waals surface area (Å²) in [5.74, 6) is -0.383. The Morgan fingerprint density at radius 2 is 2.33 bits per heavy atom. The number of hydrogen-bond donors (Lipinski definition) is 2. The lowest BCUT2D eigenvalue weighted by Gasteiger charge is -2.40. The molecule has 1 saturated carbocycles. The third-order valence-electron chi connectivity index (χ3n) is 3.69. The maximum atomic E-state index is 10.8. The highest BCUT2D eigenvalue weighted by atomic mass is 16.5. The van der Waals surface area contributed by atoms with Crippen LogP contribution >= 0.6 is 0 Å². The van der Waals surface area contributed by atoms with Gasteiger partial charge in [-0.15, -0.1) is 0 Å². The normalized spacial score (nSPS) is 17.4. The third kappa shape index (κ3) is 2.57. The Kier molecular flexibility index (Phi) is 3.73. The number of ether oxygens (including phenoxy) is 1. The number of carboxylic acids is 1. The monoisotopic (exact) mass is 253 g/mol. The largest absolute Gasteiger partial charge is 0.475 e. The van der Waals surface area contributed by atoms with Crippen molar-refractivity contribution in [1.82, 2.24) is 5.32 Å². The van der Waals surface area contributed by atoms with E-state index < -0.39 is 5.97 Å². The molecule has 1 aliphatic carbocycles. The highest BCUT2D eigenvalue weighted by Gasteiger charge is 2.36. The first kappa shape index (κ1) is 13.1. The van der Waals surface area contributed by atoms with Crippen molar-refractivity contribution in [2.45, 2.75) is 38.3 Å². The van der Waals surface area contributed by atoms with Crippen molar-refractivity contribution in [3.8, 4) is 0 Å². The maximum absolute atomic E-state index is 10.8. The van der Waals surface area contributed by atoms with Crippen molar-refractivity contribution < 1.29 is 19.1 Å². The van der Waals surface area contributed by atoms with Gasteiger partial charge in [-0.3, -0.25) is 0 Å². The van der Waals surface area contributed by atoms with Crippen molar-refractivity contribution in [3.05, 3.63) is 23.2 Å². The summed E-state index contributed by atoms with van der Waals surface area (Å²) in [7, 11) is 1.74. The molecule has 0 unspecified atom stereocenters. The topological polar surface area (TPSA) is 71.7 Å². The Hall–Kier alpha value is -1.33. The molecule has 18 heavy (non-hydrogen) atoms. The summed E-state index contributed by atoms with van der Waals surface area (Å²) < 4.78 is 10.7. The Morgan fingerprint density at radius 1 is 1.61 bits per heavy atom. The molecule has 0 aromatic carbocycles. The summed E-state index contributed by atoms with van der Waals surface area (Å²) in [6.07, 6.45) is 3.38. The first-order chi connectivity index (χ1) is 8.56. The van der Waals surface area contributed by atoms with E-state index >= 15 is 0 Å². The second-order valence-electron chi connectivity index (χ2n) is 4.84. The molecule has 1 aromatic rings. The van der Waals surface area contributed by atoms with Gasteiger partial charge >= 0.3 is 5.97 Å². The molecule has 2 rings (SSSR count). The van der Waals surface area contributed by atoms with E-state index in [-0.39, 0.29) is 11.4 Å². The molecular weight excluding hydrogens is 234 g/mol. The van der Waals surface area contributed by atoms with Gasteiger partial charge in [0, 0.05) is 25.8 Å². The molecule has 100 valence electrons. The lowest BCUT2D eigenvalue weighted by atomic mass is 9.80. The standard InChI is InChI=1S/C13H19NO4/c1-9-10(6-11(18-9)12(15)16)7-14-8-13(17-2)4-3-5-13/h6,14H,3-5,7-8H2,1-2H3,(H,15,16). The molecule has 1 fully saturated rings. The van der Waals surface area contributed by atoms with Gasteiger partial charge in [-0.1, -0.05) is 0 Å². The molecule has 1 heterocycles. The van der Waals surface area contributed by atoms with Gasteiger partial charge in [0.2, 0.25) is 5.76 Å². The van der Waals surface area contributed by atoms with E-state index in [1.165, 1.54) is 6.42 Å². The molecule has 0 bridgehead atoms. The van der Waals surface area contributed by atoms with Crippen LogP contribution in [0.5, 0.6) is 0 Å². The minimum atomic E-state index is -1.03. The smallest absolute Gasteiger partial charge is 0.371 e. The third-order valence-corrected chi connectivity index (χ3v) is 3.69. The quantitative estimate of drug-likeness (QED) is 0.810. The molecule has 0 atom stereocenters. The van der Waals surface area contributed by atoms with E-state index in [2.05, 4.69) is 5.32 Å². The van der Waals surface area contributed by atoms with Crippen molar-refractivity contribution in [1.29, 1.82) is 0 Å². The fourth-order valence-corrected chi connectivity index (χ4v) is 2.25. The van der Waals surface area contributed by atoms with Gasteiger partial charge in [0.25, 0.3) is 0 Å². The van der Waals surface area contributed by atoms with E-state index in [1.807, 2.05) is 0 Å². The summed E-state index contributed by atoms with van der Waals surface area (Å²) in [4.78, 5) is 10.8. The van der Waals surface area contributed by atoms with Crippen LogP contribution in [0.1, 0.15) is 41.1 Å². The van der Waals surface area contributed by atoms with E-state index in [9.17, 15) is 4.79 Å². The Balaban J connectivity index is 1.88. The predicted octanol–water partition coefficient (Wildman–Crippen LogP) is 1.94. The zero-order valence-corrected chi connectivity index (χ0v) is 10.8. The molecule has 5 nitrogen and oxygen atoms in total. The van der Waals surface area contributed by atoms with Crippen molar-refractivity contribution in [2.75, 3.05) is 13.7 Å². The molecule has 1 aromatic heterocycles.